The molecule has 2 rings (SSSR count). The first-order valence-electron chi connectivity index (χ1n) is 8.20. The Kier molecular flexibility index (Phi) is 7.27. The topological polar surface area (TPSA) is 134 Å². The van der Waals surface area contributed by atoms with E-state index in [9.17, 15) is 14.4 Å². The maximum Gasteiger partial charge on any atom is 0.341 e. The lowest BCUT2D eigenvalue weighted by Crippen LogP contribution is -2.21. The zero-order valence-electron chi connectivity index (χ0n) is 15.0. The third-order valence-corrected chi connectivity index (χ3v) is 6.28. The minimum Gasteiger partial charge on any atom is -0.465 e. The fourth-order valence-corrected chi connectivity index (χ4v) is 4.84. The van der Waals surface area contributed by atoms with Crippen molar-refractivity contribution in [3.63, 3.8) is 0 Å². The third-order valence-electron chi connectivity index (χ3n) is 3.97. The average molecular weight is 409 g/mol. The summed E-state index contributed by atoms with van der Waals surface area (Å²) in [4.78, 5) is 36.9. The van der Waals surface area contributed by atoms with E-state index in [-0.39, 0.29) is 22.3 Å². The molecular formula is C17H20N4O4S2. The predicted octanol–water partition coefficient (Wildman–Crippen LogP) is 1.53. The van der Waals surface area contributed by atoms with Crippen molar-refractivity contribution in [2.75, 3.05) is 25.2 Å². The molecule has 0 spiro atoms. The molecule has 1 aromatic heterocycles. The molecule has 1 heterocycles. The van der Waals surface area contributed by atoms with E-state index in [1.165, 1.54) is 25.5 Å². The SMILES string of the molecule is CN/C(SCC(=O)Nc1sc2c(c1C(=O)OC)CCCC2)=C(\C#N)C(N)=O. The van der Waals surface area contributed by atoms with Crippen LogP contribution in [-0.2, 0) is 27.2 Å². The number of thiophene rings is 1. The molecule has 4 N–H and O–H groups in total. The molecule has 10 heteroatoms. The van der Waals surface area contributed by atoms with Crippen LogP contribution in [-0.4, -0.2) is 37.7 Å². The molecule has 0 saturated carbocycles. The number of primary amides is 1. The normalized spacial score (nSPS) is 13.7. The van der Waals surface area contributed by atoms with Crippen molar-refractivity contribution in [2.45, 2.75) is 25.7 Å². The number of nitriles is 1. The van der Waals surface area contributed by atoms with Gasteiger partial charge in [0, 0.05) is 11.9 Å². The Hall–Kier alpha value is -2.51. The summed E-state index contributed by atoms with van der Waals surface area (Å²) < 4.78 is 4.88. The second-order valence-electron chi connectivity index (χ2n) is 5.67. The van der Waals surface area contributed by atoms with Gasteiger partial charge in [0.25, 0.3) is 5.91 Å². The number of hydrogen-bond acceptors (Lipinski definition) is 8. The van der Waals surface area contributed by atoms with Gasteiger partial charge in [-0.1, -0.05) is 11.8 Å². The van der Waals surface area contributed by atoms with Crippen LogP contribution in [0.15, 0.2) is 10.6 Å². The molecule has 0 aliphatic heterocycles. The first-order chi connectivity index (χ1) is 12.9. The summed E-state index contributed by atoms with van der Waals surface area (Å²) in [5.74, 6) is -1.75. The van der Waals surface area contributed by atoms with Gasteiger partial charge in [0.2, 0.25) is 5.91 Å². The summed E-state index contributed by atoms with van der Waals surface area (Å²) in [6.07, 6.45) is 3.72. The number of nitrogens with zero attached hydrogens (tertiary/aromatic N) is 1. The summed E-state index contributed by atoms with van der Waals surface area (Å²) in [5, 5.41) is 15.2. The van der Waals surface area contributed by atoms with Crippen molar-refractivity contribution in [2.24, 2.45) is 5.73 Å². The number of methoxy groups -OCH3 is 1. The van der Waals surface area contributed by atoms with Crippen LogP contribution < -0.4 is 16.4 Å². The van der Waals surface area contributed by atoms with E-state index < -0.39 is 11.9 Å². The Balaban J connectivity index is 2.17. The molecule has 8 nitrogen and oxygen atoms in total. The molecule has 0 saturated heterocycles. The molecule has 1 aliphatic carbocycles. The highest BCUT2D eigenvalue weighted by Crippen LogP contribution is 2.38. The summed E-state index contributed by atoms with van der Waals surface area (Å²) >= 11 is 2.38. The smallest absolute Gasteiger partial charge is 0.341 e. The van der Waals surface area contributed by atoms with E-state index in [4.69, 9.17) is 15.7 Å². The van der Waals surface area contributed by atoms with Gasteiger partial charge in [-0.2, -0.15) is 5.26 Å². The monoisotopic (exact) mass is 408 g/mol. The molecular weight excluding hydrogens is 388 g/mol. The summed E-state index contributed by atoms with van der Waals surface area (Å²) in [5.41, 5.74) is 6.30. The van der Waals surface area contributed by atoms with Gasteiger partial charge in [0.05, 0.1) is 23.5 Å². The minimum atomic E-state index is -0.867. The second-order valence-corrected chi connectivity index (χ2v) is 7.76. The van der Waals surface area contributed by atoms with Crippen LogP contribution in [0.4, 0.5) is 5.00 Å². The fourth-order valence-electron chi connectivity index (χ4n) is 2.76. The molecule has 2 amide bonds. The minimum absolute atomic E-state index is 0.0577. The van der Waals surface area contributed by atoms with Crippen molar-refractivity contribution >= 4 is 45.9 Å². The van der Waals surface area contributed by atoms with Crippen LogP contribution >= 0.6 is 23.1 Å². The van der Waals surface area contributed by atoms with Gasteiger partial charge in [-0.15, -0.1) is 11.3 Å². The zero-order chi connectivity index (χ0) is 20.0. The number of aryl methyl sites for hydroxylation is 1. The van der Waals surface area contributed by atoms with E-state index in [1.54, 1.807) is 6.07 Å². The Bertz CT molecular complexity index is 839. The number of anilines is 1. The number of nitrogens with two attached hydrogens (primary N) is 1. The lowest BCUT2D eigenvalue weighted by Gasteiger charge is -2.12. The highest BCUT2D eigenvalue weighted by molar-refractivity contribution is 8.03. The van der Waals surface area contributed by atoms with E-state index in [0.717, 1.165) is 47.9 Å². The van der Waals surface area contributed by atoms with Gasteiger partial charge < -0.3 is 21.1 Å². The van der Waals surface area contributed by atoms with Crippen molar-refractivity contribution in [1.29, 1.82) is 5.26 Å². The molecule has 27 heavy (non-hydrogen) atoms. The maximum atomic E-state index is 12.4. The van der Waals surface area contributed by atoms with Gasteiger partial charge in [-0.25, -0.2) is 4.79 Å². The van der Waals surface area contributed by atoms with E-state index in [2.05, 4.69) is 10.6 Å². The van der Waals surface area contributed by atoms with Crippen molar-refractivity contribution in [3.05, 3.63) is 26.6 Å². The molecule has 144 valence electrons. The number of carbonyl (C=O) groups is 3. The van der Waals surface area contributed by atoms with Crippen LogP contribution in [0.3, 0.4) is 0 Å². The average Bonchev–Trinajstić information content (AvgIpc) is 3.01. The van der Waals surface area contributed by atoms with Crippen LogP contribution in [0.1, 0.15) is 33.6 Å². The number of amides is 2. The van der Waals surface area contributed by atoms with E-state index in [1.807, 2.05) is 0 Å². The van der Waals surface area contributed by atoms with Crippen LogP contribution in [0.2, 0.25) is 0 Å². The Morgan fingerprint density at radius 3 is 2.63 bits per heavy atom. The second kappa shape index (κ2) is 9.43. The quantitative estimate of drug-likeness (QED) is 0.354. The number of hydrogen-bond donors (Lipinski definition) is 3. The first-order valence-corrected chi connectivity index (χ1v) is 10.0. The highest BCUT2D eigenvalue weighted by atomic mass is 32.2. The molecule has 0 fully saturated rings. The Labute approximate surface area is 165 Å². The Morgan fingerprint density at radius 2 is 2.04 bits per heavy atom. The first kappa shape index (κ1) is 20.8. The number of carbonyl (C=O) groups excluding carboxylic acids is 3. The summed E-state index contributed by atoms with van der Waals surface area (Å²) in [6, 6.07) is 1.72. The van der Waals surface area contributed by atoms with Crippen LogP contribution in [0.5, 0.6) is 0 Å². The van der Waals surface area contributed by atoms with E-state index >= 15 is 0 Å². The van der Waals surface area contributed by atoms with Crippen molar-refractivity contribution < 1.29 is 19.1 Å². The number of ether oxygens (including phenoxy) is 1. The van der Waals surface area contributed by atoms with Crippen molar-refractivity contribution in [1.82, 2.24) is 5.32 Å². The molecule has 0 atom stereocenters. The summed E-state index contributed by atoms with van der Waals surface area (Å²) in [6.45, 7) is 0. The Morgan fingerprint density at radius 1 is 1.33 bits per heavy atom. The molecule has 0 bridgehead atoms. The van der Waals surface area contributed by atoms with E-state index in [0.29, 0.717) is 10.6 Å². The number of nitrogens with one attached hydrogen (secondary N) is 2. The van der Waals surface area contributed by atoms with Gasteiger partial charge in [0.15, 0.2) is 0 Å². The van der Waals surface area contributed by atoms with Crippen LogP contribution in [0, 0.1) is 11.3 Å². The summed E-state index contributed by atoms with van der Waals surface area (Å²) in [7, 11) is 2.84. The number of fused-ring (bicyclic) bond motifs is 1. The largest absolute Gasteiger partial charge is 0.465 e. The molecule has 0 radical (unpaired) electrons. The standard InChI is InChI=1S/C17H20N4O4S2/c1-20-15(10(7-18)14(19)23)26-8-12(22)21-16-13(17(24)25-2)9-5-3-4-6-11(9)27-16/h20H,3-6,8H2,1-2H3,(H2,19,23)(H,21,22)/b15-10-. The van der Waals surface area contributed by atoms with Gasteiger partial charge in [0.1, 0.15) is 16.6 Å². The number of esters is 1. The van der Waals surface area contributed by atoms with Gasteiger partial charge in [-0.05, 0) is 31.2 Å². The molecule has 0 unspecified atom stereocenters. The number of thioether (sulfide) groups is 1. The lowest BCUT2D eigenvalue weighted by molar-refractivity contribution is -0.115. The fraction of sp³-hybridized carbons (Fsp3) is 0.412. The molecule has 1 aliphatic rings. The maximum absolute atomic E-state index is 12.4. The van der Waals surface area contributed by atoms with Gasteiger partial charge >= 0.3 is 5.97 Å². The van der Waals surface area contributed by atoms with Gasteiger partial charge in [-0.3, -0.25) is 9.59 Å². The zero-order valence-corrected chi connectivity index (χ0v) is 16.6. The molecule has 1 aromatic rings. The predicted molar refractivity (Wildman–Crippen MR) is 104 cm³/mol. The number of rotatable bonds is 7. The highest BCUT2D eigenvalue weighted by Gasteiger charge is 2.27. The van der Waals surface area contributed by atoms with Crippen molar-refractivity contribution in [3.8, 4) is 6.07 Å². The lowest BCUT2D eigenvalue weighted by atomic mass is 9.95. The molecule has 0 aromatic carbocycles. The van der Waals surface area contributed by atoms with Crippen LogP contribution in [0.25, 0.3) is 0 Å². The third kappa shape index (κ3) is 4.81.